The summed E-state index contributed by atoms with van der Waals surface area (Å²) in [7, 11) is 0. The molecule has 0 rings (SSSR count). The van der Waals surface area contributed by atoms with Crippen LogP contribution >= 0.6 is 0 Å². The van der Waals surface area contributed by atoms with Crippen molar-refractivity contribution in [2.75, 3.05) is 13.2 Å². The van der Waals surface area contributed by atoms with Crippen LogP contribution in [-0.4, -0.2) is 31.8 Å². The van der Waals surface area contributed by atoms with Gasteiger partial charge in [-0.25, -0.2) is 4.79 Å². The first kappa shape index (κ1) is 15.7. The Kier molecular flexibility index (Phi) is 8.09. The van der Waals surface area contributed by atoms with Crippen molar-refractivity contribution in [3.63, 3.8) is 0 Å². The maximum absolute atomic E-state index is 11.2. The van der Waals surface area contributed by atoms with Crippen LogP contribution in [-0.2, 0) is 23.7 Å². The number of carbonyl (C=O) groups excluding carboxylic acids is 1. The fourth-order valence-electron chi connectivity index (χ4n) is 0.934. The van der Waals surface area contributed by atoms with E-state index in [9.17, 15) is 4.79 Å². The van der Waals surface area contributed by atoms with E-state index in [2.05, 4.69) is 13.2 Å². The van der Waals surface area contributed by atoms with Gasteiger partial charge in [0.1, 0.15) is 6.61 Å². The van der Waals surface area contributed by atoms with Crippen molar-refractivity contribution in [3.8, 4) is 0 Å². The molecule has 0 N–H and O–H groups in total. The predicted molar refractivity (Wildman–Crippen MR) is 63.0 cm³/mol. The van der Waals surface area contributed by atoms with Crippen LogP contribution in [0.4, 0.5) is 0 Å². The average Bonchev–Trinajstić information content (AvgIpc) is 2.24. The van der Waals surface area contributed by atoms with E-state index in [4.69, 9.17) is 18.9 Å². The topological polar surface area (TPSA) is 54.0 Å². The van der Waals surface area contributed by atoms with Gasteiger partial charge in [-0.1, -0.05) is 13.2 Å². The Morgan fingerprint density at radius 2 is 1.94 bits per heavy atom. The minimum Gasteiger partial charge on any atom is -0.499 e. The van der Waals surface area contributed by atoms with Crippen LogP contribution in [0.25, 0.3) is 0 Å². The Labute approximate surface area is 102 Å². The number of ether oxygens (including phenoxy) is 4. The molecule has 2 unspecified atom stereocenters. The second kappa shape index (κ2) is 8.78. The van der Waals surface area contributed by atoms with Gasteiger partial charge in [0.2, 0.25) is 6.29 Å². The molecule has 5 heteroatoms. The summed E-state index contributed by atoms with van der Waals surface area (Å²) in [5, 5.41) is 0. The van der Waals surface area contributed by atoms with E-state index < -0.39 is 18.5 Å². The van der Waals surface area contributed by atoms with Crippen molar-refractivity contribution in [1.29, 1.82) is 0 Å². The minimum absolute atomic E-state index is 0.327. The maximum atomic E-state index is 11.2. The first-order valence-electron chi connectivity index (χ1n) is 5.33. The summed E-state index contributed by atoms with van der Waals surface area (Å²) in [5.74, 6) is -0.486. The van der Waals surface area contributed by atoms with Crippen LogP contribution in [0, 0.1) is 0 Å². The lowest BCUT2D eigenvalue weighted by molar-refractivity contribution is -0.228. The van der Waals surface area contributed by atoms with Gasteiger partial charge in [0.05, 0.1) is 12.9 Å². The maximum Gasteiger partial charge on any atom is 0.335 e. The Bertz CT molecular complexity index is 262. The molecule has 0 aliphatic rings. The molecule has 0 radical (unpaired) electrons. The molecule has 0 aromatic heterocycles. The molecular formula is C12H20O5. The molecule has 98 valence electrons. The van der Waals surface area contributed by atoms with Gasteiger partial charge < -0.3 is 18.9 Å². The lowest BCUT2D eigenvalue weighted by Crippen LogP contribution is -2.25. The molecule has 0 aromatic carbocycles. The average molecular weight is 244 g/mol. The van der Waals surface area contributed by atoms with Gasteiger partial charge in [-0.3, -0.25) is 0 Å². The lowest BCUT2D eigenvalue weighted by atomic mass is 10.4. The van der Waals surface area contributed by atoms with Crippen LogP contribution in [0.3, 0.4) is 0 Å². The van der Waals surface area contributed by atoms with Gasteiger partial charge in [-0.05, 0) is 20.8 Å². The zero-order valence-corrected chi connectivity index (χ0v) is 10.6. The Morgan fingerprint density at radius 3 is 2.47 bits per heavy atom. The molecule has 0 aliphatic heterocycles. The highest BCUT2D eigenvalue weighted by atomic mass is 16.8. The molecule has 0 fully saturated rings. The third-order valence-electron chi connectivity index (χ3n) is 1.68. The number of carbonyl (C=O) groups is 1. The number of hydrogen-bond donors (Lipinski definition) is 0. The summed E-state index contributed by atoms with van der Waals surface area (Å²) in [6.45, 7) is 12.5. The highest BCUT2D eigenvalue weighted by molar-refractivity contribution is 5.86. The molecule has 0 bridgehead atoms. The van der Waals surface area contributed by atoms with Gasteiger partial charge in [-0.15, -0.1) is 0 Å². The third kappa shape index (κ3) is 8.47. The molecule has 0 aliphatic carbocycles. The van der Waals surface area contributed by atoms with Crippen molar-refractivity contribution in [2.45, 2.75) is 33.4 Å². The monoisotopic (exact) mass is 244 g/mol. The van der Waals surface area contributed by atoms with E-state index in [-0.39, 0.29) is 0 Å². The van der Waals surface area contributed by atoms with Gasteiger partial charge in [0.15, 0.2) is 6.29 Å². The first-order valence-corrected chi connectivity index (χ1v) is 5.33. The van der Waals surface area contributed by atoms with Crippen molar-refractivity contribution in [1.82, 2.24) is 0 Å². The third-order valence-corrected chi connectivity index (χ3v) is 1.68. The molecule has 0 saturated heterocycles. The smallest absolute Gasteiger partial charge is 0.335 e. The summed E-state index contributed by atoms with van der Waals surface area (Å²) >= 11 is 0. The number of esters is 1. The van der Waals surface area contributed by atoms with Crippen LogP contribution in [0.15, 0.2) is 25.0 Å². The van der Waals surface area contributed by atoms with Crippen LogP contribution < -0.4 is 0 Å². The Balaban J connectivity index is 3.71. The Morgan fingerprint density at radius 1 is 1.29 bits per heavy atom. The number of rotatable bonds is 9. The molecule has 0 amide bonds. The van der Waals surface area contributed by atoms with E-state index in [1.165, 1.54) is 6.26 Å². The van der Waals surface area contributed by atoms with Crippen molar-refractivity contribution in [2.24, 2.45) is 0 Å². The standard InChI is InChI=1S/C12H20O5/c1-6-14-7-8-15-10(4)16-11(5)17-12(13)9(2)3/h6,10-11H,1-2,7-8H2,3-5H3. The van der Waals surface area contributed by atoms with Crippen LogP contribution in [0.1, 0.15) is 20.8 Å². The lowest BCUT2D eigenvalue weighted by Gasteiger charge is -2.19. The van der Waals surface area contributed by atoms with E-state index in [0.29, 0.717) is 18.8 Å². The van der Waals surface area contributed by atoms with Crippen LogP contribution in [0.2, 0.25) is 0 Å². The largest absolute Gasteiger partial charge is 0.499 e. The highest BCUT2D eigenvalue weighted by Gasteiger charge is 2.13. The zero-order chi connectivity index (χ0) is 13.3. The van der Waals surface area contributed by atoms with E-state index in [1.807, 2.05) is 0 Å². The minimum atomic E-state index is -0.686. The normalized spacial score (nSPS) is 13.6. The summed E-state index contributed by atoms with van der Waals surface area (Å²) < 4.78 is 20.3. The quantitative estimate of drug-likeness (QED) is 0.204. The Hall–Kier alpha value is -1.33. The molecule has 2 atom stereocenters. The zero-order valence-electron chi connectivity index (χ0n) is 10.6. The molecule has 17 heavy (non-hydrogen) atoms. The highest BCUT2D eigenvalue weighted by Crippen LogP contribution is 2.04. The fraction of sp³-hybridized carbons (Fsp3) is 0.583. The molecule has 0 aromatic rings. The summed E-state index contributed by atoms with van der Waals surface area (Å²) in [6, 6.07) is 0. The van der Waals surface area contributed by atoms with Crippen molar-refractivity contribution >= 4 is 5.97 Å². The van der Waals surface area contributed by atoms with Crippen LogP contribution in [0.5, 0.6) is 0 Å². The second-order valence-corrected chi connectivity index (χ2v) is 3.37. The summed E-state index contributed by atoms with van der Waals surface area (Å²) in [6.07, 6.45) is 0.164. The van der Waals surface area contributed by atoms with Gasteiger partial charge in [0.25, 0.3) is 0 Å². The molecular weight excluding hydrogens is 224 g/mol. The van der Waals surface area contributed by atoms with Crippen molar-refractivity contribution < 1.29 is 23.7 Å². The van der Waals surface area contributed by atoms with Gasteiger partial charge in [0, 0.05) is 5.57 Å². The van der Waals surface area contributed by atoms with E-state index in [1.54, 1.807) is 20.8 Å². The predicted octanol–water partition coefficient (Wildman–Crippen LogP) is 1.99. The molecule has 0 spiro atoms. The van der Waals surface area contributed by atoms with E-state index >= 15 is 0 Å². The SMILES string of the molecule is C=COCCOC(C)OC(C)OC(=O)C(=C)C. The van der Waals surface area contributed by atoms with Crippen molar-refractivity contribution in [3.05, 3.63) is 25.0 Å². The summed E-state index contributed by atoms with van der Waals surface area (Å²) in [5.41, 5.74) is 0.327. The number of hydrogen-bond acceptors (Lipinski definition) is 5. The van der Waals surface area contributed by atoms with Gasteiger partial charge >= 0.3 is 5.97 Å². The summed E-state index contributed by atoms with van der Waals surface area (Å²) in [4.78, 5) is 11.2. The second-order valence-electron chi connectivity index (χ2n) is 3.37. The molecule has 0 saturated carbocycles. The molecule has 5 nitrogen and oxygen atoms in total. The first-order chi connectivity index (χ1) is 7.97. The van der Waals surface area contributed by atoms with Gasteiger partial charge in [-0.2, -0.15) is 0 Å². The molecule has 0 heterocycles. The fourth-order valence-corrected chi connectivity index (χ4v) is 0.934. The van der Waals surface area contributed by atoms with E-state index in [0.717, 1.165) is 0 Å².